The van der Waals surface area contributed by atoms with E-state index in [1.807, 2.05) is 14.0 Å². The van der Waals surface area contributed by atoms with Crippen LogP contribution in [0.2, 0.25) is 0 Å². The van der Waals surface area contributed by atoms with E-state index in [1.165, 1.54) is 5.56 Å². The summed E-state index contributed by atoms with van der Waals surface area (Å²) in [6, 6.07) is 0. The first-order chi connectivity index (χ1) is 6.41. The van der Waals surface area contributed by atoms with Crippen LogP contribution in [0.25, 0.3) is 10.2 Å². The highest BCUT2D eigenvalue weighted by Gasteiger charge is 2.25. The van der Waals surface area contributed by atoms with Gasteiger partial charge < -0.3 is 5.11 Å². The Morgan fingerprint density at radius 3 is 2.71 bits per heavy atom. The smallest absolute Gasteiger partial charge is 0.106 e. The first kappa shape index (κ1) is 9.68. The van der Waals surface area contributed by atoms with Crippen molar-refractivity contribution in [1.29, 1.82) is 0 Å². The molecule has 0 aliphatic rings. The summed E-state index contributed by atoms with van der Waals surface area (Å²) < 4.78 is 2.87. The molecule has 0 atom stereocenters. The van der Waals surface area contributed by atoms with Gasteiger partial charge in [0.2, 0.25) is 0 Å². The maximum Gasteiger partial charge on any atom is 0.106 e. The third-order valence-electron chi connectivity index (χ3n) is 2.31. The molecule has 0 aliphatic carbocycles. The number of aliphatic hydroxyl groups is 1. The van der Waals surface area contributed by atoms with E-state index in [-0.39, 0.29) is 0 Å². The van der Waals surface area contributed by atoms with E-state index in [0.717, 1.165) is 15.9 Å². The van der Waals surface area contributed by atoms with Gasteiger partial charge in [-0.2, -0.15) is 5.10 Å². The van der Waals surface area contributed by atoms with Crippen molar-refractivity contribution in [2.45, 2.75) is 26.4 Å². The molecule has 2 aromatic rings. The van der Waals surface area contributed by atoms with Crippen molar-refractivity contribution in [2.75, 3.05) is 0 Å². The molecule has 76 valence electrons. The summed E-state index contributed by atoms with van der Waals surface area (Å²) in [7, 11) is 1.87. The summed E-state index contributed by atoms with van der Waals surface area (Å²) in [5.74, 6) is 0. The van der Waals surface area contributed by atoms with Crippen LogP contribution < -0.4 is 0 Å². The van der Waals surface area contributed by atoms with Crippen LogP contribution in [-0.4, -0.2) is 14.9 Å². The maximum atomic E-state index is 10.0. The zero-order valence-electron chi connectivity index (χ0n) is 8.83. The van der Waals surface area contributed by atoms with Gasteiger partial charge in [0.1, 0.15) is 11.1 Å². The Hall–Kier alpha value is -0.870. The predicted molar refractivity (Wildman–Crippen MR) is 58.6 cm³/mol. The molecule has 0 fully saturated rings. The van der Waals surface area contributed by atoms with Gasteiger partial charge in [-0.3, -0.25) is 4.68 Å². The van der Waals surface area contributed by atoms with Crippen molar-refractivity contribution in [2.24, 2.45) is 7.05 Å². The van der Waals surface area contributed by atoms with Crippen LogP contribution in [0.5, 0.6) is 0 Å². The largest absolute Gasteiger partial charge is 0.384 e. The third kappa shape index (κ3) is 1.26. The van der Waals surface area contributed by atoms with Crippen LogP contribution in [0.4, 0.5) is 0 Å². The van der Waals surface area contributed by atoms with Crippen LogP contribution in [-0.2, 0) is 12.6 Å². The van der Waals surface area contributed by atoms with Crippen molar-refractivity contribution in [1.82, 2.24) is 9.78 Å². The Balaban J connectivity index is 2.81. The fourth-order valence-corrected chi connectivity index (χ4v) is 2.96. The predicted octanol–water partition coefficient (Wildman–Crippen LogP) is 2.17. The summed E-state index contributed by atoms with van der Waals surface area (Å²) in [5, 5.41) is 16.5. The molecule has 0 amide bonds. The average Bonchev–Trinajstić information content (AvgIpc) is 2.49. The van der Waals surface area contributed by atoms with E-state index in [0.29, 0.717) is 0 Å². The van der Waals surface area contributed by atoms with E-state index in [9.17, 15) is 5.11 Å². The van der Waals surface area contributed by atoms with Gasteiger partial charge in [-0.1, -0.05) is 0 Å². The van der Waals surface area contributed by atoms with Crippen molar-refractivity contribution < 1.29 is 5.11 Å². The van der Waals surface area contributed by atoms with E-state index in [4.69, 9.17) is 0 Å². The Morgan fingerprint density at radius 2 is 2.14 bits per heavy atom. The number of nitrogens with zero attached hydrogens (tertiary/aromatic N) is 2. The van der Waals surface area contributed by atoms with Crippen molar-refractivity contribution >= 4 is 21.6 Å². The third-order valence-corrected chi connectivity index (χ3v) is 3.40. The van der Waals surface area contributed by atoms with Gasteiger partial charge >= 0.3 is 0 Å². The Bertz CT molecular complexity index is 476. The van der Waals surface area contributed by atoms with Gasteiger partial charge in [0.25, 0.3) is 0 Å². The van der Waals surface area contributed by atoms with Gasteiger partial charge in [-0.25, -0.2) is 0 Å². The lowest BCUT2D eigenvalue weighted by Crippen LogP contribution is -2.20. The van der Waals surface area contributed by atoms with Gasteiger partial charge in [0.15, 0.2) is 0 Å². The number of thiophene rings is 1. The summed E-state index contributed by atoms with van der Waals surface area (Å²) in [4.78, 5) is 0. The van der Waals surface area contributed by atoms with E-state index in [2.05, 4.69) is 10.5 Å². The zero-order chi connectivity index (χ0) is 10.5. The van der Waals surface area contributed by atoms with Crippen LogP contribution >= 0.6 is 11.3 Å². The number of aromatic nitrogens is 2. The highest BCUT2D eigenvalue weighted by atomic mass is 32.1. The highest BCUT2D eigenvalue weighted by molar-refractivity contribution is 7.17. The minimum atomic E-state index is -0.833. The molecule has 0 saturated carbocycles. The molecule has 0 radical (unpaired) electrons. The van der Waals surface area contributed by atoms with Crippen LogP contribution in [0.15, 0.2) is 5.38 Å². The first-order valence-corrected chi connectivity index (χ1v) is 5.43. The van der Waals surface area contributed by atoms with E-state index < -0.39 is 5.60 Å². The standard InChI is InChI=1S/C10H14N2OS/c1-6-5-14-8-7(6)11-12(4)9(8)10(2,3)13/h5,13H,1-4H3. The number of fused-ring (bicyclic) bond motifs is 1. The molecule has 0 saturated heterocycles. The quantitative estimate of drug-likeness (QED) is 0.783. The highest BCUT2D eigenvalue weighted by Crippen LogP contribution is 2.33. The van der Waals surface area contributed by atoms with Crippen LogP contribution in [0, 0.1) is 6.92 Å². The SMILES string of the molecule is Cc1csc2c(C(C)(C)O)n(C)nc12. The number of hydrogen-bond acceptors (Lipinski definition) is 3. The fraction of sp³-hybridized carbons (Fsp3) is 0.500. The molecule has 0 spiro atoms. The molecule has 0 aromatic carbocycles. The second-order valence-electron chi connectivity index (χ2n) is 4.13. The Labute approximate surface area is 87.0 Å². The van der Waals surface area contributed by atoms with E-state index >= 15 is 0 Å². The van der Waals surface area contributed by atoms with Gasteiger partial charge in [0, 0.05) is 7.05 Å². The Kier molecular flexibility index (Phi) is 1.94. The summed E-state index contributed by atoms with van der Waals surface area (Å²) >= 11 is 1.64. The zero-order valence-corrected chi connectivity index (χ0v) is 9.64. The fourth-order valence-electron chi connectivity index (χ4n) is 1.75. The Morgan fingerprint density at radius 1 is 1.50 bits per heavy atom. The lowest BCUT2D eigenvalue weighted by Gasteiger charge is -2.17. The molecule has 2 heterocycles. The number of aryl methyl sites for hydroxylation is 2. The molecule has 0 bridgehead atoms. The van der Waals surface area contributed by atoms with E-state index in [1.54, 1.807) is 29.9 Å². The molecule has 0 aliphatic heterocycles. The molecule has 2 aromatic heterocycles. The maximum absolute atomic E-state index is 10.0. The van der Waals surface area contributed by atoms with Gasteiger partial charge in [0.05, 0.1) is 10.4 Å². The topological polar surface area (TPSA) is 38.0 Å². The minimum Gasteiger partial charge on any atom is -0.384 e. The van der Waals surface area contributed by atoms with Crippen molar-refractivity contribution in [3.05, 3.63) is 16.6 Å². The molecular formula is C10H14N2OS. The molecule has 0 unspecified atom stereocenters. The molecule has 2 rings (SSSR count). The van der Waals surface area contributed by atoms with Crippen molar-refractivity contribution in [3.8, 4) is 0 Å². The first-order valence-electron chi connectivity index (χ1n) is 4.55. The molecule has 14 heavy (non-hydrogen) atoms. The van der Waals surface area contributed by atoms with Crippen molar-refractivity contribution in [3.63, 3.8) is 0 Å². The van der Waals surface area contributed by atoms with Gasteiger partial charge in [-0.15, -0.1) is 11.3 Å². The lowest BCUT2D eigenvalue weighted by atomic mass is 10.1. The molecule has 4 heteroatoms. The number of hydrogen-bond donors (Lipinski definition) is 1. The van der Waals surface area contributed by atoms with Gasteiger partial charge in [-0.05, 0) is 31.7 Å². The lowest BCUT2D eigenvalue weighted by molar-refractivity contribution is 0.0713. The summed E-state index contributed by atoms with van der Waals surface area (Å²) in [6.07, 6.45) is 0. The second kappa shape index (κ2) is 2.81. The van der Waals surface area contributed by atoms with Crippen LogP contribution in [0.3, 0.4) is 0 Å². The normalized spacial score (nSPS) is 12.6. The monoisotopic (exact) mass is 210 g/mol. The average molecular weight is 210 g/mol. The molecular weight excluding hydrogens is 196 g/mol. The summed E-state index contributed by atoms with van der Waals surface area (Å²) in [5.41, 5.74) is 2.25. The summed E-state index contributed by atoms with van der Waals surface area (Å²) in [6.45, 7) is 5.62. The molecule has 1 N–H and O–H groups in total. The number of rotatable bonds is 1. The second-order valence-corrected chi connectivity index (χ2v) is 5.01. The minimum absolute atomic E-state index is 0.833. The van der Waals surface area contributed by atoms with Crippen LogP contribution in [0.1, 0.15) is 25.1 Å². The molecule has 3 nitrogen and oxygen atoms in total.